The predicted molar refractivity (Wildman–Crippen MR) is 141 cm³/mol. The first-order valence-corrected chi connectivity index (χ1v) is 12.2. The molecule has 0 aliphatic rings. The third-order valence-corrected chi connectivity index (χ3v) is 7.03. The second-order valence-corrected chi connectivity index (χ2v) is 9.76. The van der Waals surface area contributed by atoms with Gasteiger partial charge in [-0.05, 0) is 68.0 Å². The van der Waals surface area contributed by atoms with Crippen molar-refractivity contribution in [2.75, 3.05) is 5.32 Å². The summed E-state index contributed by atoms with van der Waals surface area (Å²) >= 11 is 18.8. The van der Waals surface area contributed by atoms with Crippen LogP contribution in [0.5, 0.6) is 0 Å². The monoisotopic (exact) mass is 542 g/mol. The van der Waals surface area contributed by atoms with Gasteiger partial charge in [-0.1, -0.05) is 46.7 Å². The fraction of sp³-hybridized carbons (Fsp3) is 0.0870. The van der Waals surface area contributed by atoms with Crippen LogP contribution in [0.15, 0.2) is 52.9 Å². The van der Waals surface area contributed by atoms with E-state index in [1.54, 1.807) is 34.8 Å². The quantitative estimate of drug-likeness (QED) is 0.262. The Labute approximate surface area is 218 Å². The van der Waals surface area contributed by atoms with Gasteiger partial charge in [0.15, 0.2) is 16.7 Å². The van der Waals surface area contributed by atoms with Crippen LogP contribution in [0.4, 0.5) is 5.69 Å². The lowest BCUT2D eigenvalue weighted by atomic mass is 10.1. The van der Waals surface area contributed by atoms with Gasteiger partial charge in [0.2, 0.25) is 4.96 Å². The largest absolute Gasteiger partial charge is 0.451 e. The second-order valence-electron chi connectivity index (χ2n) is 7.58. The van der Waals surface area contributed by atoms with Crippen LogP contribution in [0.3, 0.4) is 0 Å². The number of carbonyl (C=O) groups is 1. The molecule has 0 aliphatic carbocycles. The molecule has 12 heteroatoms. The topological polar surface area (TPSA) is 97.4 Å². The van der Waals surface area contributed by atoms with Crippen molar-refractivity contribution < 1.29 is 9.21 Å². The molecule has 176 valence electrons. The molecular weight excluding hydrogens is 527 g/mol. The average Bonchev–Trinajstić information content (AvgIpc) is 3.55. The number of nitrogens with one attached hydrogen (secondary N) is 2. The Morgan fingerprint density at radius 2 is 1.83 bits per heavy atom. The Hall–Kier alpha value is -3.31. The average molecular weight is 543 g/mol. The van der Waals surface area contributed by atoms with E-state index in [0.717, 1.165) is 27.6 Å². The van der Waals surface area contributed by atoms with Crippen molar-refractivity contribution in [3.05, 3.63) is 75.7 Å². The van der Waals surface area contributed by atoms with Crippen LogP contribution in [-0.2, 0) is 0 Å². The predicted octanol–water partition coefficient (Wildman–Crippen LogP) is 6.16. The molecule has 0 saturated heterocycles. The highest BCUT2D eigenvalue weighted by Crippen LogP contribution is 2.30. The zero-order chi connectivity index (χ0) is 24.7. The molecule has 0 radical (unpaired) electrons. The molecule has 1 amide bonds. The third-order valence-electron chi connectivity index (χ3n) is 5.14. The van der Waals surface area contributed by atoms with Crippen molar-refractivity contribution >= 4 is 68.4 Å². The summed E-state index contributed by atoms with van der Waals surface area (Å²) in [6.45, 7) is 3.79. The van der Waals surface area contributed by atoms with Gasteiger partial charge in [-0.25, -0.2) is 0 Å². The van der Waals surface area contributed by atoms with Gasteiger partial charge < -0.3 is 9.73 Å². The minimum absolute atomic E-state index is 0.107. The highest BCUT2D eigenvalue weighted by Gasteiger charge is 2.16. The van der Waals surface area contributed by atoms with E-state index in [1.807, 2.05) is 32.0 Å². The Morgan fingerprint density at radius 3 is 2.60 bits per heavy atom. The molecule has 5 rings (SSSR count). The number of furan rings is 1. The van der Waals surface area contributed by atoms with E-state index in [0.29, 0.717) is 26.3 Å². The van der Waals surface area contributed by atoms with Crippen LogP contribution in [0, 0.1) is 13.8 Å². The summed E-state index contributed by atoms with van der Waals surface area (Å²) in [6, 6.07) is 14.2. The number of fused-ring (bicyclic) bond motifs is 1. The summed E-state index contributed by atoms with van der Waals surface area (Å²) < 4.78 is 7.39. The summed E-state index contributed by atoms with van der Waals surface area (Å²) in [5, 5.41) is 20.2. The maximum atomic E-state index is 12.7. The van der Waals surface area contributed by atoms with Crippen molar-refractivity contribution in [3.63, 3.8) is 0 Å². The molecule has 5 aromatic rings. The van der Waals surface area contributed by atoms with Crippen molar-refractivity contribution in [2.24, 2.45) is 0 Å². The number of hydrogen-bond donors (Lipinski definition) is 2. The molecule has 2 aromatic carbocycles. The number of carbonyl (C=O) groups excluding carboxylic acids is 1. The Kier molecular flexibility index (Phi) is 6.28. The first kappa shape index (κ1) is 23.4. The SMILES string of the molecule is Cc1ccc(-c2nn3c(C)nnc3s2)cc1NC(=S)NC(=O)c1ccc(-c2ccc(Cl)c(Cl)c2)o1. The number of rotatable bonds is 4. The number of hydrogen-bond acceptors (Lipinski definition) is 7. The lowest BCUT2D eigenvalue weighted by Crippen LogP contribution is -2.34. The van der Waals surface area contributed by atoms with E-state index in [9.17, 15) is 4.79 Å². The molecule has 2 N–H and O–H groups in total. The van der Waals surface area contributed by atoms with Crippen LogP contribution in [0.1, 0.15) is 21.9 Å². The highest BCUT2D eigenvalue weighted by atomic mass is 35.5. The van der Waals surface area contributed by atoms with Crippen LogP contribution in [0.25, 0.3) is 26.9 Å². The molecular formula is C23H16Cl2N6O2S2. The van der Waals surface area contributed by atoms with Gasteiger partial charge in [0.25, 0.3) is 5.91 Å². The zero-order valence-corrected chi connectivity index (χ0v) is 21.4. The Morgan fingerprint density at radius 1 is 1.03 bits per heavy atom. The molecule has 35 heavy (non-hydrogen) atoms. The van der Waals surface area contributed by atoms with Gasteiger partial charge >= 0.3 is 0 Å². The summed E-state index contributed by atoms with van der Waals surface area (Å²) in [5.41, 5.74) is 3.28. The number of aromatic nitrogens is 4. The number of benzene rings is 2. The standard InChI is InChI=1S/C23H16Cl2N6O2S2/c1-11-3-4-14(21-30-31-12(2)28-29-23(31)35-21)10-17(11)26-22(34)27-20(32)19-8-7-18(33-19)13-5-6-15(24)16(25)9-13/h3-10H,1-2H3,(H2,26,27,32,34). The number of nitrogens with zero attached hydrogens (tertiary/aromatic N) is 4. The normalized spacial score (nSPS) is 11.1. The van der Waals surface area contributed by atoms with Crippen LogP contribution < -0.4 is 10.6 Å². The molecule has 8 nitrogen and oxygen atoms in total. The van der Waals surface area contributed by atoms with Gasteiger partial charge in [0, 0.05) is 16.8 Å². The lowest BCUT2D eigenvalue weighted by molar-refractivity contribution is 0.0951. The smallest absolute Gasteiger partial charge is 0.293 e. The number of halogens is 2. The van der Waals surface area contributed by atoms with Gasteiger partial charge in [0.1, 0.15) is 10.8 Å². The van der Waals surface area contributed by atoms with E-state index >= 15 is 0 Å². The first-order chi connectivity index (χ1) is 16.8. The number of aryl methyl sites for hydroxylation is 2. The summed E-state index contributed by atoms with van der Waals surface area (Å²) in [7, 11) is 0. The highest BCUT2D eigenvalue weighted by molar-refractivity contribution is 7.80. The van der Waals surface area contributed by atoms with Gasteiger partial charge in [-0.15, -0.1) is 10.2 Å². The molecule has 0 bridgehead atoms. The van der Waals surface area contributed by atoms with E-state index in [2.05, 4.69) is 25.9 Å². The molecule has 0 spiro atoms. The van der Waals surface area contributed by atoms with Crippen LogP contribution in [-0.4, -0.2) is 30.8 Å². The maximum Gasteiger partial charge on any atom is 0.293 e. The maximum absolute atomic E-state index is 12.7. The molecule has 3 aromatic heterocycles. The van der Waals surface area contributed by atoms with Gasteiger partial charge in [0.05, 0.1) is 10.0 Å². The Bertz CT molecular complexity index is 1610. The number of anilines is 1. The first-order valence-electron chi connectivity index (χ1n) is 10.3. The van der Waals surface area contributed by atoms with Crippen molar-refractivity contribution in [1.29, 1.82) is 0 Å². The van der Waals surface area contributed by atoms with Crippen molar-refractivity contribution in [1.82, 2.24) is 25.1 Å². The van der Waals surface area contributed by atoms with E-state index in [4.69, 9.17) is 39.8 Å². The summed E-state index contributed by atoms with van der Waals surface area (Å²) in [5.74, 6) is 0.830. The lowest BCUT2D eigenvalue weighted by Gasteiger charge is -2.12. The van der Waals surface area contributed by atoms with Gasteiger partial charge in [-0.2, -0.15) is 9.61 Å². The minimum atomic E-state index is -0.480. The molecule has 0 aliphatic heterocycles. The van der Waals surface area contributed by atoms with Crippen LogP contribution >= 0.6 is 46.8 Å². The second kappa shape index (κ2) is 9.38. The Balaban J connectivity index is 1.29. The summed E-state index contributed by atoms with van der Waals surface area (Å²) in [4.78, 5) is 13.4. The molecule has 3 heterocycles. The van der Waals surface area contributed by atoms with E-state index < -0.39 is 5.91 Å². The molecule has 0 atom stereocenters. The number of amides is 1. The number of thiocarbonyl (C=S) groups is 1. The van der Waals surface area contributed by atoms with Crippen molar-refractivity contribution in [3.8, 4) is 21.9 Å². The molecule has 0 fully saturated rings. The fourth-order valence-corrected chi connectivity index (χ4v) is 4.69. The fourth-order valence-electron chi connectivity index (χ4n) is 3.30. The van der Waals surface area contributed by atoms with Crippen molar-refractivity contribution in [2.45, 2.75) is 13.8 Å². The zero-order valence-electron chi connectivity index (χ0n) is 18.3. The van der Waals surface area contributed by atoms with Crippen LogP contribution in [0.2, 0.25) is 10.0 Å². The van der Waals surface area contributed by atoms with Gasteiger partial charge in [-0.3, -0.25) is 10.1 Å². The van der Waals surface area contributed by atoms with E-state index in [-0.39, 0.29) is 10.9 Å². The minimum Gasteiger partial charge on any atom is -0.451 e. The third kappa shape index (κ3) is 4.78. The van der Waals surface area contributed by atoms with E-state index in [1.165, 1.54) is 11.3 Å². The summed E-state index contributed by atoms with van der Waals surface area (Å²) in [6.07, 6.45) is 0. The molecule has 0 unspecified atom stereocenters. The molecule has 0 saturated carbocycles.